The van der Waals surface area contributed by atoms with E-state index < -0.39 is 0 Å². The van der Waals surface area contributed by atoms with E-state index in [0.29, 0.717) is 5.52 Å². The predicted molar refractivity (Wildman–Crippen MR) is 73.4 cm³/mol. The van der Waals surface area contributed by atoms with Gasteiger partial charge in [-0.3, -0.25) is 4.79 Å². The third-order valence-electron chi connectivity index (χ3n) is 2.79. The number of benzene rings is 1. The molecule has 0 spiro atoms. The number of aromatic nitrogens is 2. The summed E-state index contributed by atoms with van der Waals surface area (Å²) < 4.78 is 2.85. The topological polar surface area (TPSA) is 37.0 Å². The first-order valence-corrected chi connectivity index (χ1v) is 6.32. The van der Waals surface area contributed by atoms with E-state index in [1.165, 1.54) is 0 Å². The standard InChI is InChI=1S/C14H9BrN2O/c15-11-6-4-10(5-7-11)12-9-17-8-2-1-3-13(17)14(18)16-12/h1-9H/p+1. The van der Waals surface area contributed by atoms with Crippen molar-refractivity contribution < 1.29 is 4.40 Å². The van der Waals surface area contributed by atoms with Gasteiger partial charge in [0.25, 0.3) is 5.52 Å². The van der Waals surface area contributed by atoms with Gasteiger partial charge >= 0.3 is 5.56 Å². The van der Waals surface area contributed by atoms with Crippen molar-refractivity contribution in [2.24, 2.45) is 0 Å². The average Bonchev–Trinajstić information content (AvgIpc) is 2.39. The number of H-pyrrole nitrogens is 1. The summed E-state index contributed by atoms with van der Waals surface area (Å²) in [4.78, 5) is 14.8. The fourth-order valence-electron chi connectivity index (χ4n) is 1.89. The molecular weight excluding hydrogens is 292 g/mol. The average molecular weight is 302 g/mol. The van der Waals surface area contributed by atoms with E-state index in [0.717, 1.165) is 15.7 Å². The molecule has 0 fully saturated rings. The molecule has 1 aromatic carbocycles. The van der Waals surface area contributed by atoms with Gasteiger partial charge < -0.3 is 4.98 Å². The highest BCUT2D eigenvalue weighted by Crippen LogP contribution is 2.18. The second-order valence-electron chi connectivity index (χ2n) is 4.00. The zero-order valence-corrected chi connectivity index (χ0v) is 11.0. The maximum atomic E-state index is 12.0. The molecule has 0 aliphatic carbocycles. The lowest BCUT2D eigenvalue weighted by atomic mass is 10.1. The highest BCUT2D eigenvalue weighted by molar-refractivity contribution is 9.10. The summed E-state index contributed by atoms with van der Waals surface area (Å²) in [6.45, 7) is 0. The lowest BCUT2D eigenvalue weighted by Crippen LogP contribution is -2.29. The molecule has 3 nitrogen and oxygen atoms in total. The molecule has 0 unspecified atom stereocenters. The fourth-order valence-corrected chi connectivity index (χ4v) is 2.16. The number of halogens is 1. The maximum Gasteiger partial charge on any atom is 0.321 e. The Bertz CT molecular complexity index is 763. The molecule has 1 N–H and O–H groups in total. The Hall–Kier alpha value is -1.94. The molecule has 3 aromatic rings. The third-order valence-corrected chi connectivity index (χ3v) is 3.32. The molecule has 88 valence electrons. The Morgan fingerprint density at radius 3 is 2.61 bits per heavy atom. The van der Waals surface area contributed by atoms with Gasteiger partial charge in [-0.2, -0.15) is 4.40 Å². The Kier molecular flexibility index (Phi) is 2.72. The molecular formula is C14H10BrN2O+. The fraction of sp³-hybridized carbons (Fsp3) is 0. The van der Waals surface area contributed by atoms with Crippen molar-refractivity contribution in [3.63, 3.8) is 0 Å². The highest BCUT2D eigenvalue weighted by Gasteiger charge is 2.09. The third kappa shape index (κ3) is 1.95. The SMILES string of the molecule is O=c1[nH]c(-c2ccc(Br)cc2)c[n+]2ccccc12. The molecule has 0 saturated carbocycles. The molecule has 0 radical (unpaired) electrons. The van der Waals surface area contributed by atoms with Crippen LogP contribution in [0.2, 0.25) is 0 Å². The van der Waals surface area contributed by atoms with E-state index in [1.807, 2.05) is 53.2 Å². The summed E-state index contributed by atoms with van der Waals surface area (Å²) in [7, 11) is 0. The van der Waals surface area contributed by atoms with Gasteiger partial charge in [-0.25, -0.2) is 0 Å². The highest BCUT2D eigenvalue weighted by atomic mass is 79.9. The number of hydrogen-bond donors (Lipinski definition) is 1. The van der Waals surface area contributed by atoms with E-state index in [2.05, 4.69) is 20.9 Å². The molecule has 2 heterocycles. The molecule has 0 amide bonds. The zero-order chi connectivity index (χ0) is 12.5. The molecule has 0 saturated heterocycles. The number of hydrogen-bond acceptors (Lipinski definition) is 1. The lowest BCUT2D eigenvalue weighted by molar-refractivity contribution is -0.512. The predicted octanol–water partition coefficient (Wildman–Crippen LogP) is 2.54. The van der Waals surface area contributed by atoms with E-state index in [-0.39, 0.29) is 5.56 Å². The second kappa shape index (κ2) is 4.38. The Morgan fingerprint density at radius 2 is 1.83 bits per heavy atom. The first kappa shape index (κ1) is 11.2. The Morgan fingerprint density at radius 1 is 1.06 bits per heavy atom. The van der Waals surface area contributed by atoms with Crippen LogP contribution < -0.4 is 9.96 Å². The summed E-state index contributed by atoms with van der Waals surface area (Å²) in [6, 6.07) is 13.4. The first-order chi connectivity index (χ1) is 8.74. The zero-order valence-electron chi connectivity index (χ0n) is 9.43. The number of pyridine rings is 1. The van der Waals surface area contributed by atoms with Crippen LogP contribution in [-0.2, 0) is 0 Å². The van der Waals surface area contributed by atoms with E-state index in [1.54, 1.807) is 6.07 Å². The van der Waals surface area contributed by atoms with Crippen LogP contribution >= 0.6 is 15.9 Å². The van der Waals surface area contributed by atoms with Crippen molar-refractivity contribution in [3.05, 3.63) is 69.7 Å². The summed E-state index contributed by atoms with van der Waals surface area (Å²) in [5.74, 6) is 0. The second-order valence-corrected chi connectivity index (χ2v) is 4.91. The van der Waals surface area contributed by atoms with Crippen molar-refractivity contribution in [1.29, 1.82) is 0 Å². The van der Waals surface area contributed by atoms with Crippen molar-refractivity contribution >= 4 is 21.4 Å². The normalized spacial score (nSPS) is 10.7. The van der Waals surface area contributed by atoms with E-state index in [4.69, 9.17) is 0 Å². The minimum absolute atomic E-state index is 0.0870. The van der Waals surface area contributed by atoms with Gasteiger partial charge in [0.1, 0.15) is 5.69 Å². The van der Waals surface area contributed by atoms with Gasteiger partial charge in [0, 0.05) is 22.2 Å². The summed E-state index contributed by atoms with van der Waals surface area (Å²) in [5.41, 5.74) is 2.33. The van der Waals surface area contributed by atoms with Crippen LogP contribution in [0.4, 0.5) is 0 Å². The molecule has 18 heavy (non-hydrogen) atoms. The molecule has 0 aliphatic heterocycles. The van der Waals surface area contributed by atoms with Gasteiger partial charge in [-0.05, 0) is 18.2 Å². The molecule has 0 bridgehead atoms. The lowest BCUT2D eigenvalue weighted by Gasteiger charge is -2.00. The van der Waals surface area contributed by atoms with Crippen LogP contribution in [0.1, 0.15) is 0 Å². The Balaban J connectivity index is 2.24. The van der Waals surface area contributed by atoms with Crippen molar-refractivity contribution in [3.8, 4) is 11.3 Å². The van der Waals surface area contributed by atoms with E-state index in [9.17, 15) is 4.79 Å². The largest absolute Gasteiger partial charge is 0.321 e. The number of rotatable bonds is 1. The number of fused-ring (bicyclic) bond motifs is 1. The van der Waals surface area contributed by atoms with Gasteiger partial charge in [-0.1, -0.05) is 28.1 Å². The van der Waals surface area contributed by atoms with Gasteiger partial charge in [0.15, 0.2) is 12.4 Å². The Labute approximate surface area is 112 Å². The van der Waals surface area contributed by atoms with Crippen LogP contribution in [0.5, 0.6) is 0 Å². The van der Waals surface area contributed by atoms with Gasteiger partial charge in [-0.15, -0.1) is 0 Å². The number of nitrogens with one attached hydrogen (secondary N) is 1. The van der Waals surface area contributed by atoms with Crippen LogP contribution in [0.25, 0.3) is 16.8 Å². The van der Waals surface area contributed by atoms with Crippen molar-refractivity contribution in [2.75, 3.05) is 0 Å². The van der Waals surface area contributed by atoms with Crippen LogP contribution in [0.3, 0.4) is 0 Å². The minimum atomic E-state index is -0.0870. The van der Waals surface area contributed by atoms with E-state index >= 15 is 0 Å². The van der Waals surface area contributed by atoms with Crippen LogP contribution in [-0.4, -0.2) is 4.98 Å². The number of aromatic amines is 1. The quantitative estimate of drug-likeness (QED) is 0.689. The molecule has 3 rings (SSSR count). The monoisotopic (exact) mass is 301 g/mol. The smallest absolute Gasteiger partial charge is 0.311 e. The van der Waals surface area contributed by atoms with Crippen LogP contribution in [0.15, 0.2) is 64.1 Å². The first-order valence-electron chi connectivity index (χ1n) is 5.53. The minimum Gasteiger partial charge on any atom is -0.311 e. The van der Waals surface area contributed by atoms with Crippen molar-refractivity contribution in [1.82, 2.24) is 4.98 Å². The summed E-state index contributed by atoms with van der Waals surface area (Å²) in [6.07, 6.45) is 3.78. The van der Waals surface area contributed by atoms with Crippen LogP contribution in [0, 0.1) is 0 Å². The molecule has 0 atom stereocenters. The maximum absolute atomic E-state index is 12.0. The summed E-state index contributed by atoms with van der Waals surface area (Å²) >= 11 is 3.40. The van der Waals surface area contributed by atoms with Crippen molar-refractivity contribution in [2.45, 2.75) is 0 Å². The number of nitrogens with zero attached hydrogens (tertiary/aromatic N) is 1. The van der Waals surface area contributed by atoms with Gasteiger partial charge in [0.05, 0.1) is 0 Å². The van der Waals surface area contributed by atoms with Gasteiger partial charge in [0.2, 0.25) is 0 Å². The summed E-state index contributed by atoms with van der Waals surface area (Å²) in [5, 5.41) is 0. The molecule has 4 heteroatoms. The molecule has 0 aliphatic rings. The molecule has 2 aromatic heterocycles.